The molecule has 3 heteroatoms. The first-order valence-corrected chi connectivity index (χ1v) is 5.51. The Morgan fingerprint density at radius 1 is 1.20 bits per heavy atom. The molecule has 3 nitrogen and oxygen atoms in total. The molecule has 1 fully saturated rings. The van der Waals surface area contributed by atoms with E-state index in [4.69, 9.17) is 0 Å². The average Bonchev–Trinajstić information content (AvgIpc) is 2.30. The fourth-order valence-electron chi connectivity index (χ4n) is 1.89. The molecule has 0 radical (unpaired) electrons. The first-order chi connectivity index (χ1) is 7.27. The smallest absolute Gasteiger partial charge is 0.0761 e. The Hall–Kier alpha value is -1.06. The van der Waals surface area contributed by atoms with E-state index >= 15 is 0 Å². The molecule has 1 aliphatic rings. The van der Waals surface area contributed by atoms with E-state index in [1.165, 1.54) is 5.69 Å². The fourth-order valence-corrected chi connectivity index (χ4v) is 1.89. The van der Waals surface area contributed by atoms with E-state index in [2.05, 4.69) is 22.3 Å². The Balaban J connectivity index is 2.08. The van der Waals surface area contributed by atoms with Gasteiger partial charge in [0.2, 0.25) is 0 Å². The maximum atomic E-state index is 9.40. The van der Waals surface area contributed by atoms with Crippen LogP contribution in [0, 0.1) is 0 Å². The summed E-state index contributed by atoms with van der Waals surface area (Å²) in [7, 11) is 0. The Morgan fingerprint density at radius 2 is 1.80 bits per heavy atom. The molecule has 0 aromatic heterocycles. The van der Waals surface area contributed by atoms with Gasteiger partial charge in [0.25, 0.3) is 0 Å². The van der Waals surface area contributed by atoms with Crippen molar-refractivity contribution < 1.29 is 5.11 Å². The summed E-state index contributed by atoms with van der Waals surface area (Å²) in [6.45, 7) is 6.03. The molecule has 0 bridgehead atoms. The molecule has 1 aliphatic heterocycles. The summed E-state index contributed by atoms with van der Waals surface area (Å²) in [4.78, 5) is 2.36. The number of nitrogens with zero attached hydrogens (tertiary/aromatic N) is 1. The van der Waals surface area contributed by atoms with E-state index in [0.29, 0.717) is 0 Å². The summed E-state index contributed by atoms with van der Waals surface area (Å²) in [5.74, 6) is 0. The minimum Gasteiger partial charge on any atom is -0.389 e. The minimum atomic E-state index is -0.373. The number of aliphatic hydroxyl groups is 1. The monoisotopic (exact) mass is 206 g/mol. The standard InChI is InChI=1S/C12H18N2O/c1-10(15)11-2-4-12(5-3-11)14-8-6-13-7-9-14/h2-5,10,13,15H,6-9H2,1H3. The third-order valence-electron chi connectivity index (χ3n) is 2.86. The fraction of sp³-hybridized carbons (Fsp3) is 0.500. The van der Waals surface area contributed by atoms with Gasteiger partial charge in [-0.2, -0.15) is 0 Å². The molecule has 0 aliphatic carbocycles. The van der Waals surface area contributed by atoms with Crippen molar-refractivity contribution in [2.75, 3.05) is 31.1 Å². The first kappa shape index (κ1) is 10.5. The molecular weight excluding hydrogens is 188 g/mol. The molecule has 1 unspecified atom stereocenters. The van der Waals surface area contributed by atoms with Gasteiger partial charge in [-0.25, -0.2) is 0 Å². The molecule has 82 valence electrons. The van der Waals surface area contributed by atoms with E-state index in [1.54, 1.807) is 6.92 Å². The molecule has 0 saturated carbocycles. The lowest BCUT2D eigenvalue weighted by Gasteiger charge is -2.29. The number of anilines is 1. The Kier molecular flexibility index (Phi) is 3.23. The lowest BCUT2D eigenvalue weighted by Crippen LogP contribution is -2.43. The highest BCUT2D eigenvalue weighted by molar-refractivity contribution is 5.48. The number of nitrogens with one attached hydrogen (secondary N) is 1. The Morgan fingerprint density at radius 3 is 2.33 bits per heavy atom. The topological polar surface area (TPSA) is 35.5 Å². The summed E-state index contributed by atoms with van der Waals surface area (Å²) in [5, 5.41) is 12.7. The van der Waals surface area contributed by atoms with Crippen molar-refractivity contribution >= 4 is 5.69 Å². The van der Waals surface area contributed by atoms with Gasteiger partial charge in [0.05, 0.1) is 6.10 Å². The number of aliphatic hydroxyl groups excluding tert-OH is 1. The average molecular weight is 206 g/mol. The zero-order chi connectivity index (χ0) is 10.7. The predicted molar refractivity (Wildman–Crippen MR) is 62.2 cm³/mol. The third kappa shape index (κ3) is 2.49. The highest BCUT2D eigenvalue weighted by Gasteiger charge is 2.10. The summed E-state index contributed by atoms with van der Waals surface area (Å²) in [6, 6.07) is 8.19. The van der Waals surface area contributed by atoms with Gasteiger partial charge in [-0.05, 0) is 24.6 Å². The molecule has 1 atom stereocenters. The molecule has 0 amide bonds. The van der Waals surface area contributed by atoms with Crippen molar-refractivity contribution in [1.82, 2.24) is 5.32 Å². The summed E-state index contributed by atoms with van der Waals surface area (Å²) in [6.07, 6.45) is -0.373. The number of piperazine rings is 1. The second-order valence-electron chi connectivity index (χ2n) is 4.00. The Labute approximate surface area is 90.7 Å². The quantitative estimate of drug-likeness (QED) is 0.762. The largest absolute Gasteiger partial charge is 0.389 e. The van der Waals surface area contributed by atoms with Crippen LogP contribution >= 0.6 is 0 Å². The van der Waals surface area contributed by atoms with Crippen LogP contribution in [0.2, 0.25) is 0 Å². The van der Waals surface area contributed by atoms with Crippen LogP contribution in [-0.2, 0) is 0 Å². The zero-order valence-corrected chi connectivity index (χ0v) is 9.11. The van der Waals surface area contributed by atoms with Gasteiger partial charge in [0.15, 0.2) is 0 Å². The van der Waals surface area contributed by atoms with E-state index in [0.717, 1.165) is 31.7 Å². The summed E-state index contributed by atoms with van der Waals surface area (Å²) >= 11 is 0. The number of hydrogen-bond donors (Lipinski definition) is 2. The van der Waals surface area contributed by atoms with Gasteiger partial charge >= 0.3 is 0 Å². The lowest BCUT2D eigenvalue weighted by atomic mass is 10.1. The summed E-state index contributed by atoms with van der Waals surface area (Å²) < 4.78 is 0. The van der Waals surface area contributed by atoms with Crippen LogP contribution in [0.5, 0.6) is 0 Å². The number of rotatable bonds is 2. The maximum Gasteiger partial charge on any atom is 0.0761 e. The SMILES string of the molecule is CC(O)c1ccc(N2CCNCC2)cc1. The van der Waals surface area contributed by atoms with Crippen LogP contribution in [0.15, 0.2) is 24.3 Å². The zero-order valence-electron chi connectivity index (χ0n) is 9.11. The van der Waals surface area contributed by atoms with Crippen molar-refractivity contribution in [2.24, 2.45) is 0 Å². The number of hydrogen-bond acceptors (Lipinski definition) is 3. The minimum absolute atomic E-state index is 0.373. The summed E-state index contributed by atoms with van der Waals surface area (Å²) in [5.41, 5.74) is 2.23. The predicted octanol–water partition coefficient (Wildman–Crippen LogP) is 1.15. The van der Waals surface area contributed by atoms with Crippen LogP contribution in [-0.4, -0.2) is 31.3 Å². The first-order valence-electron chi connectivity index (χ1n) is 5.51. The van der Waals surface area contributed by atoms with Gasteiger partial charge < -0.3 is 15.3 Å². The van der Waals surface area contributed by atoms with Gasteiger partial charge in [-0.3, -0.25) is 0 Å². The van der Waals surface area contributed by atoms with Crippen LogP contribution in [0.4, 0.5) is 5.69 Å². The Bertz CT molecular complexity index is 302. The molecule has 1 heterocycles. The van der Waals surface area contributed by atoms with Crippen molar-refractivity contribution in [1.29, 1.82) is 0 Å². The van der Waals surface area contributed by atoms with Crippen molar-refractivity contribution in [3.05, 3.63) is 29.8 Å². The van der Waals surface area contributed by atoms with Crippen LogP contribution < -0.4 is 10.2 Å². The van der Waals surface area contributed by atoms with Crippen molar-refractivity contribution in [3.63, 3.8) is 0 Å². The van der Waals surface area contributed by atoms with Crippen LogP contribution in [0.1, 0.15) is 18.6 Å². The van der Waals surface area contributed by atoms with Crippen molar-refractivity contribution in [2.45, 2.75) is 13.0 Å². The second-order valence-corrected chi connectivity index (χ2v) is 4.00. The van der Waals surface area contributed by atoms with E-state index in [9.17, 15) is 5.11 Å². The lowest BCUT2D eigenvalue weighted by molar-refractivity contribution is 0.199. The van der Waals surface area contributed by atoms with E-state index in [-0.39, 0.29) is 6.10 Å². The van der Waals surface area contributed by atoms with Gasteiger partial charge in [0.1, 0.15) is 0 Å². The molecule has 1 aromatic rings. The number of benzene rings is 1. The highest BCUT2D eigenvalue weighted by atomic mass is 16.3. The van der Waals surface area contributed by atoms with E-state index < -0.39 is 0 Å². The van der Waals surface area contributed by atoms with E-state index in [1.807, 2.05) is 12.1 Å². The van der Waals surface area contributed by atoms with Gasteiger partial charge in [-0.1, -0.05) is 12.1 Å². The van der Waals surface area contributed by atoms with Crippen LogP contribution in [0.25, 0.3) is 0 Å². The molecule has 2 N–H and O–H groups in total. The molecule has 15 heavy (non-hydrogen) atoms. The normalized spacial score (nSPS) is 18.9. The molecule has 1 aromatic carbocycles. The molecule has 2 rings (SSSR count). The second kappa shape index (κ2) is 4.64. The van der Waals surface area contributed by atoms with Gasteiger partial charge in [0, 0.05) is 31.9 Å². The van der Waals surface area contributed by atoms with Crippen LogP contribution in [0.3, 0.4) is 0 Å². The van der Waals surface area contributed by atoms with Crippen molar-refractivity contribution in [3.8, 4) is 0 Å². The molecular formula is C12H18N2O. The van der Waals surface area contributed by atoms with Gasteiger partial charge in [-0.15, -0.1) is 0 Å². The molecule has 0 spiro atoms. The maximum absolute atomic E-state index is 9.40. The highest BCUT2D eigenvalue weighted by Crippen LogP contribution is 2.19. The third-order valence-corrected chi connectivity index (χ3v) is 2.86. The molecule has 1 saturated heterocycles.